The summed E-state index contributed by atoms with van der Waals surface area (Å²) in [5, 5.41) is 2.82. The molecular formula is C15H16N2O2. The van der Waals surface area contributed by atoms with E-state index in [-0.39, 0.29) is 5.91 Å². The Kier molecular flexibility index (Phi) is 4.15. The van der Waals surface area contributed by atoms with Crippen LogP contribution in [0.1, 0.15) is 15.9 Å². The van der Waals surface area contributed by atoms with Crippen LogP contribution in [0.2, 0.25) is 0 Å². The lowest BCUT2D eigenvalue weighted by Gasteiger charge is -2.06. The highest BCUT2D eigenvalue weighted by molar-refractivity contribution is 6.04. The number of hydrogen-bond acceptors (Lipinski definition) is 3. The van der Waals surface area contributed by atoms with Crippen LogP contribution < -0.4 is 15.8 Å². The molecule has 98 valence electrons. The number of hydrogen-bond donors (Lipinski definition) is 2. The summed E-state index contributed by atoms with van der Waals surface area (Å²) in [6.45, 7) is 0.473. The molecule has 0 bridgehead atoms. The first-order chi connectivity index (χ1) is 9.22. The van der Waals surface area contributed by atoms with Gasteiger partial charge in [0.05, 0.1) is 7.11 Å². The van der Waals surface area contributed by atoms with E-state index in [4.69, 9.17) is 10.5 Å². The van der Waals surface area contributed by atoms with Gasteiger partial charge in [0.1, 0.15) is 5.75 Å². The Hall–Kier alpha value is -2.33. The van der Waals surface area contributed by atoms with Gasteiger partial charge in [0.2, 0.25) is 0 Å². The molecule has 1 amide bonds. The van der Waals surface area contributed by atoms with E-state index in [9.17, 15) is 4.79 Å². The Bertz CT molecular complexity index is 547. The van der Waals surface area contributed by atoms with Gasteiger partial charge in [0.25, 0.3) is 5.91 Å². The lowest BCUT2D eigenvalue weighted by atomic mass is 10.1. The first kappa shape index (κ1) is 13.1. The predicted molar refractivity (Wildman–Crippen MR) is 75.3 cm³/mol. The molecule has 2 aromatic carbocycles. The average Bonchev–Trinajstić information content (AvgIpc) is 2.48. The minimum Gasteiger partial charge on any atom is -0.497 e. The Morgan fingerprint density at radius 3 is 2.26 bits per heavy atom. The highest BCUT2D eigenvalue weighted by atomic mass is 16.5. The zero-order chi connectivity index (χ0) is 13.7. The highest BCUT2D eigenvalue weighted by Crippen LogP contribution is 2.16. The number of nitrogens with one attached hydrogen (secondary N) is 1. The Morgan fingerprint density at radius 2 is 1.74 bits per heavy atom. The van der Waals surface area contributed by atoms with Crippen LogP contribution in [0.4, 0.5) is 5.69 Å². The molecule has 0 spiro atoms. The van der Waals surface area contributed by atoms with Crippen molar-refractivity contribution in [2.24, 2.45) is 5.73 Å². The molecule has 0 saturated heterocycles. The summed E-state index contributed by atoms with van der Waals surface area (Å²) < 4.78 is 5.06. The minimum absolute atomic E-state index is 0.145. The van der Waals surface area contributed by atoms with Crippen LogP contribution >= 0.6 is 0 Å². The third-order valence-corrected chi connectivity index (χ3v) is 2.80. The third kappa shape index (κ3) is 3.33. The normalized spacial score (nSPS) is 10.0. The van der Waals surface area contributed by atoms with Gasteiger partial charge in [-0.25, -0.2) is 0 Å². The molecule has 4 nitrogen and oxygen atoms in total. The first-order valence-electron chi connectivity index (χ1n) is 5.97. The van der Waals surface area contributed by atoms with E-state index in [1.54, 1.807) is 43.5 Å². The van der Waals surface area contributed by atoms with Crippen molar-refractivity contribution in [1.29, 1.82) is 0 Å². The first-order valence-corrected chi connectivity index (χ1v) is 5.97. The third-order valence-electron chi connectivity index (χ3n) is 2.80. The van der Waals surface area contributed by atoms with Crippen molar-refractivity contribution in [3.8, 4) is 5.75 Å². The van der Waals surface area contributed by atoms with E-state index in [1.807, 2.05) is 12.1 Å². The fourth-order valence-electron chi connectivity index (χ4n) is 1.67. The minimum atomic E-state index is -0.145. The summed E-state index contributed by atoms with van der Waals surface area (Å²) in [5.41, 5.74) is 7.85. The number of ether oxygens (including phenoxy) is 1. The van der Waals surface area contributed by atoms with Gasteiger partial charge >= 0.3 is 0 Å². The fraction of sp³-hybridized carbons (Fsp3) is 0.133. The van der Waals surface area contributed by atoms with Crippen molar-refractivity contribution in [3.63, 3.8) is 0 Å². The zero-order valence-corrected chi connectivity index (χ0v) is 10.7. The summed E-state index contributed by atoms with van der Waals surface area (Å²) in [6.07, 6.45) is 0. The molecule has 2 rings (SSSR count). The molecule has 0 aliphatic rings. The molecule has 0 heterocycles. The molecule has 0 aliphatic heterocycles. The molecule has 19 heavy (non-hydrogen) atoms. The molecule has 0 radical (unpaired) electrons. The van der Waals surface area contributed by atoms with Crippen molar-refractivity contribution in [2.75, 3.05) is 12.4 Å². The van der Waals surface area contributed by atoms with Gasteiger partial charge in [-0.05, 0) is 42.0 Å². The molecule has 0 fully saturated rings. The van der Waals surface area contributed by atoms with E-state index in [0.717, 1.165) is 17.0 Å². The van der Waals surface area contributed by atoms with E-state index in [1.165, 1.54) is 0 Å². The van der Waals surface area contributed by atoms with Gasteiger partial charge in [-0.15, -0.1) is 0 Å². The molecule has 2 aromatic rings. The molecule has 3 N–H and O–H groups in total. The molecule has 0 aliphatic carbocycles. The van der Waals surface area contributed by atoms with Crippen molar-refractivity contribution in [1.82, 2.24) is 0 Å². The SMILES string of the molecule is COc1ccc(NC(=O)c2ccc(CN)cc2)cc1. The van der Waals surface area contributed by atoms with Crippen LogP contribution in [0.25, 0.3) is 0 Å². The second-order valence-electron chi connectivity index (χ2n) is 4.08. The second kappa shape index (κ2) is 6.02. The van der Waals surface area contributed by atoms with Gasteiger partial charge in [0.15, 0.2) is 0 Å². The number of benzene rings is 2. The smallest absolute Gasteiger partial charge is 0.255 e. The summed E-state index contributed by atoms with van der Waals surface area (Å²) in [7, 11) is 1.60. The predicted octanol–water partition coefficient (Wildman–Crippen LogP) is 2.41. The fourth-order valence-corrected chi connectivity index (χ4v) is 1.67. The number of methoxy groups -OCH3 is 1. The highest BCUT2D eigenvalue weighted by Gasteiger charge is 2.05. The molecule has 0 unspecified atom stereocenters. The number of carbonyl (C=O) groups excluding carboxylic acids is 1. The Labute approximate surface area is 112 Å². The zero-order valence-electron chi connectivity index (χ0n) is 10.7. The van der Waals surface area contributed by atoms with Crippen LogP contribution in [0, 0.1) is 0 Å². The molecule has 0 saturated carbocycles. The van der Waals surface area contributed by atoms with Crippen LogP contribution in [0.3, 0.4) is 0 Å². The quantitative estimate of drug-likeness (QED) is 0.883. The van der Waals surface area contributed by atoms with Gasteiger partial charge in [0, 0.05) is 17.8 Å². The number of rotatable bonds is 4. The van der Waals surface area contributed by atoms with E-state index >= 15 is 0 Å². The number of nitrogens with two attached hydrogens (primary N) is 1. The van der Waals surface area contributed by atoms with Gasteiger partial charge in [-0.3, -0.25) is 4.79 Å². The maximum Gasteiger partial charge on any atom is 0.255 e. The maximum absolute atomic E-state index is 12.0. The van der Waals surface area contributed by atoms with Crippen LogP contribution in [0.15, 0.2) is 48.5 Å². The van der Waals surface area contributed by atoms with Gasteiger partial charge in [-0.1, -0.05) is 12.1 Å². The summed E-state index contributed by atoms with van der Waals surface area (Å²) in [5.74, 6) is 0.610. The topological polar surface area (TPSA) is 64.3 Å². The Balaban J connectivity index is 2.06. The van der Waals surface area contributed by atoms with Crippen molar-refractivity contribution in [3.05, 3.63) is 59.7 Å². The van der Waals surface area contributed by atoms with E-state index < -0.39 is 0 Å². The van der Waals surface area contributed by atoms with Crippen molar-refractivity contribution in [2.45, 2.75) is 6.54 Å². The largest absolute Gasteiger partial charge is 0.497 e. The van der Waals surface area contributed by atoms with Gasteiger partial charge in [-0.2, -0.15) is 0 Å². The maximum atomic E-state index is 12.0. The average molecular weight is 256 g/mol. The number of amides is 1. The van der Waals surface area contributed by atoms with Crippen LogP contribution in [-0.2, 0) is 6.54 Å². The second-order valence-corrected chi connectivity index (χ2v) is 4.08. The van der Waals surface area contributed by atoms with Crippen molar-refractivity contribution >= 4 is 11.6 Å². The molecule has 4 heteroatoms. The Morgan fingerprint density at radius 1 is 1.11 bits per heavy atom. The summed E-state index contributed by atoms with van der Waals surface area (Å²) in [4.78, 5) is 12.0. The van der Waals surface area contributed by atoms with E-state index in [2.05, 4.69) is 5.32 Å². The molecular weight excluding hydrogens is 240 g/mol. The lowest BCUT2D eigenvalue weighted by molar-refractivity contribution is 0.102. The van der Waals surface area contributed by atoms with E-state index in [0.29, 0.717) is 12.1 Å². The standard InChI is InChI=1S/C15H16N2O2/c1-19-14-8-6-13(7-9-14)17-15(18)12-4-2-11(10-16)3-5-12/h2-9H,10,16H2,1H3,(H,17,18). The molecule has 0 atom stereocenters. The van der Waals surface area contributed by atoms with Crippen molar-refractivity contribution < 1.29 is 9.53 Å². The summed E-state index contributed by atoms with van der Waals surface area (Å²) >= 11 is 0. The number of anilines is 1. The summed E-state index contributed by atoms with van der Waals surface area (Å²) in [6, 6.07) is 14.4. The number of carbonyl (C=O) groups is 1. The van der Waals surface area contributed by atoms with Crippen LogP contribution in [-0.4, -0.2) is 13.0 Å². The lowest BCUT2D eigenvalue weighted by Crippen LogP contribution is -2.11. The molecule has 0 aromatic heterocycles. The van der Waals surface area contributed by atoms with Crippen LogP contribution in [0.5, 0.6) is 5.75 Å². The monoisotopic (exact) mass is 256 g/mol. The van der Waals surface area contributed by atoms with Gasteiger partial charge < -0.3 is 15.8 Å².